The highest BCUT2D eigenvalue weighted by Gasteiger charge is 2.27. The van der Waals surface area contributed by atoms with Crippen molar-refractivity contribution in [3.63, 3.8) is 0 Å². The van der Waals surface area contributed by atoms with Crippen molar-refractivity contribution in [1.82, 2.24) is 24.9 Å². The lowest BCUT2D eigenvalue weighted by atomic mass is 9.98. The first-order valence-electron chi connectivity index (χ1n) is 7.53. The van der Waals surface area contributed by atoms with Crippen molar-refractivity contribution in [2.24, 2.45) is 5.92 Å². The summed E-state index contributed by atoms with van der Waals surface area (Å²) in [4.78, 5) is 16.7. The van der Waals surface area contributed by atoms with Gasteiger partial charge in [0, 0.05) is 13.0 Å². The van der Waals surface area contributed by atoms with Crippen LogP contribution in [0.15, 0.2) is 16.8 Å². The zero-order valence-corrected chi connectivity index (χ0v) is 12.9. The van der Waals surface area contributed by atoms with Gasteiger partial charge in [-0.3, -0.25) is 4.79 Å². The summed E-state index contributed by atoms with van der Waals surface area (Å²) in [5, 5.41) is 15.8. The molecule has 8 nitrogen and oxygen atoms in total. The number of fused-ring (bicyclic) bond motifs is 2. The Bertz CT molecular complexity index is 897. The van der Waals surface area contributed by atoms with E-state index in [0.717, 1.165) is 35.6 Å². The molecule has 0 aromatic carbocycles. The molecule has 1 unspecified atom stereocenters. The predicted molar refractivity (Wildman–Crippen MR) is 81.7 cm³/mol. The van der Waals surface area contributed by atoms with Gasteiger partial charge in [-0.2, -0.15) is 0 Å². The van der Waals surface area contributed by atoms with Crippen LogP contribution in [-0.2, 0) is 17.8 Å². The summed E-state index contributed by atoms with van der Waals surface area (Å²) in [6.07, 6.45) is 3.12. The first-order chi connectivity index (χ1) is 11.1. The third-order valence-electron chi connectivity index (χ3n) is 4.28. The number of aromatic nitrogens is 5. The molecule has 1 aliphatic heterocycles. The summed E-state index contributed by atoms with van der Waals surface area (Å²) in [6, 6.07) is 1.84. The Morgan fingerprint density at radius 2 is 2.26 bits per heavy atom. The number of carbonyl (C=O) groups excluding carboxylic acids is 1. The molecule has 8 heteroatoms. The summed E-state index contributed by atoms with van der Waals surface area (Å²) in [5.41, 5.74) is 1.88. The minimum absolute atomic E-state index is 0.0148. The van der Waals surface area contributed by atoms with Crippen LogP contribution in [0.4, 0.5) is 5.69 Å². The Labute approximate surface area is 131 Å². The van der Waals surface area contributed by atoms with Gasteiger partial charge >= 0.3 is 0 Å². The van der Waals surface area contributed by atoms with E-state index in [2.05, 4.69) is 25.7 Å². The average molecular weight is 312 g/mol. The van der Waals surface area contributed by atoms with E-state index in [9.17, 15) is 4.79 Å². The van der Waals surface area contributed by atoms with E-state index >= 15 is 0 Å². The van der Waals surface area contributed by atoms with Gasteiger partial charge in [-0.1, -0.05) is 5.16 Å². The number of hydrogen-bond acceptors (Lipinski definition) is 6. The molecule has 0 bridgehead atoms. The fourth-order valence-corrected chi connectivity index (χ4v) is 2.93. The van der Waals surface area contributed by atoms with Crippen LogP contribution in [0, 0.1) is 19.8 Å². The summed E-state index contributed by atoms with van der Waals surface area (Å²) >= 11 is 0. The van der Waals surface area contributed by atoms with Crippen molar-refractivity contribution in [2.75, 3.05) is 5.32 Å². The van der Waals surface area contributed by atoms with E-state index in [4.69, 9.17) is 4.52 Å². The molecule has 0 fully saturated rings. The number of anilines is 1. The second-order valence-electron chi connectivity index (χ2n) is 5.84. The smallest absolute Gasteiger partial charge is 0.258 e. The lowest BCUT2D eigenvalue weighted by Crippen LogP contribution is -2.31. The number of carbonyl (C=O) groups is 1. The monoisotopic (exact) mass is 312 g/mol. The molecule has 1 amide bonds. The Morgan fingerprint density at radius 3 is 3.13 bits per heavy atom. The molecule has 23 heavy (non-hydrogen) atoms. The van der Waals surface area contributed by atoms with Crippen LogP contribution in [0.25, 0.3) is 11.1 Å². The standard InChI is InChI=1S/C15H16N6O2/c1-8-12-5-11(6-16-15(12)23-20-8)17-14(22)10-3-4-13-19-18-9(2)21(13)7-10/h5-6,10H,3-4,7H2,1-2H3,(H,17,22). The molecule has 1 N–H and O–H groups in total. The lowest BCUT2D eigenvalue weighted by molar-refractivity contribution is -0.120. The molecule has 4 heterocycles. The first-order valence-corrected chi connectivity index (χ1v) is 7.53. The molecule has 0 spiro atoms. The normalized spacial score (nSPS) is 17.2. The van der Waals surface area contributed by atoms with Crippen LogP contribution in [-0.4, -0.2) is 30.8 Å². The summed E-state index contributed by atoms with van der Waals surface area (Å²) in [5.74, 6) is 1.69. The maximum Gasteiger partial charge on any atom is 0.258 e. The Morgan fingerprint density at radius 1 is 1.39 bits per heavy atom. The molecule has 0 radical (unpaired) electrons. The van der Waals surface area contributed by atoms with Gasteiger partial charge < -0.3 is 14.4 Å². The van der Waals surface area contributed by atoms with Gasteiger partial charge in [0.15, 0.2) is 0 Å². The minimum atomic E-state index is -0.100. The van der Waals surface area contributed by atoms with Crippen LogP contribution in [0.3, 0.4) is 0 Å². The zero-order valence-electron chi connectivity index (χ0n) is 12.9. The quantitative estimate of drug-likeness (QED) is 0.772. The number of hydrogen-bond donors (Lipinski definition) is 1. The van der Waals surface area contributed by atoms with Crippen LogP contribution in [0.5, 0.6) is 0 Å². The lowest BCUT2D eigenvalue weighted by Gasteiger charge is -2.23. The maximum atomic E-state index is 12.5. The van der Waals surface area contributed by atoms with Crippen LogP contribution < -0.4 is 5.32 Å². The highest BCUT2D eigenvalue weighted by Crippen LogP contribution is 2.23. The molecule has 4 rings (SSSR count). The summed E-state index contributed by atoms with van der Waals surface area (Å²) < 4.78 is 7.09. The largest absolute Gasteiger partial charge is 0.336 e. The Kier molecular flexibility index (Phi) is 3.10. The van der Waals surface area contributed by atoms with Gasteiger partial charge in [0.2, 0.25) is 5.91 Å². The highest BCUT2D eigenvalue weighted by molar-refractivity contribution is 5.94. The second-order valence-corrected chi connectivity index (χ2v) is 5.84. The van der Waals surface area contributed by atoms with E-state index in [1.807, 2.05) is 24.5 Å². The first kappa shape index (κ1) is 13.9. The molecular weight excluding hydrogens is 296 g/mol. The van der Waals surface area contributed by atoms with Gasteiger partial charge in [0.25, 0.3) is 5.71 Å². The SMILES string of the molecule is Cc1noc2ncc(NC(=O)C3CCc4nnc(C)n4C3)cc12. The van der Waals surface area contributed by atoms with Crippen LogP contribution in [0.2, 0.25) is 0 Å². The van der Waals surface area contributed by atoms with Gasteiger partial charge in [0.1, 0.15) is 11.6 Å². The molecule has 0 saturated heterocycles. The average Bonchev–Trinajstić information content (AvgIpc) is 3.11. The number of nitrogens with one attached hydrogen (secondary N) is 1. The minimum Gasteiger partial charge on any atom is -0.336 e. The third kappa shape index (κ3) is 2.36. The Balaban J connectivity index is 1.53. The highest BCUT2D eigenvalue weighted by atomic mass is 16.5. The van der Waals surface area contributed by atoms with Crippen molar-refractivity contribution < 1.29 is 9.32 Å². The van der Waals surface area contributed by atoms with Gasteiger partial charge in [0.05, 0.1) is 28.9 Å². The fraction of sp³-hybridized carbons (Fsp3) is 0.400. The third-order valence-corrected chi connectivity index (χ3v) is 4.28. The van der Waals surface area contributed by atoms with Crippen molar-refractivity contribution in [1.29, 1.82) is 0 Å². The Hall–Kier alpha value is -2.77. The maximum absolute atomic E-state index is 12.5. The summed E-state index contributed by atoms with van der Waals surface area (Å²) in [7, 11) is 0. The van der Waals surface area contributed by atoms with Crippen molar-refractivity contribution in [3.8, 4) is 0 Å². The number of nitrogens with zero attached hydrogens (tertiary/aromatic N) is 5. The molecule has 0 saturated carbocycles. The second kappa shape index (κ2) is 5.15. The molecule has 3 aromatic rings. The zero-order chi connectivity index (χ0) is 16.0. The van der Waals surface area contributed by atoms with E-state index in [1.54, 1.807) is 6.20 Å². The van der Waals surface area contributed by atoms with Crippen molar-refractivity contribution in [3.05, 3.63) is 29.6 Å². The van der Waals surface area contributed by atoms with E-state index in [-0.39, 0.29) is 11.8 Å². The molecule has 1 atom stereocenters. The molecule has 118 valence electrons. The molecule has 1 aliphatic rings. The van der Waals surface area contributed by atoms with Crippen LogP contribution in [0.1, 0.15) is 23.8 Å². The van der Waals surface area contributed by atoms with Gasteiger partial charge in [-0.15, -0.1) is 10.2 Å². The molecule has 3 aromatic heterocycles. The number of rotatable bonds is 2. The van der Waals surface area contributed by atoms with Crippen molar-refractivity contribution in [2.45, 2.75) is 33.2 Å². The summed E-state index contributed by atoms with van der Waals surface area (Å²) in [6.45, 7) is 4.36. The number of amides is 1. The van der Waals surface area contributed by atoms with E-state index in [1.165, 1.54) is 0 Å². The molecular formula is C15H16N6O2. The van der Waals surface area contributed by atoms with Gasteiger partial charge in [-0.25, -0.2) is 4.98 Å². The topological polar surface area (TPSA) is 98.7 Å². The van der Waals surface area contributed by atoms with Gasteiger partial charge in [-0.05, 0) is 26.3 Å². The number of aryl methyl sites for hydroxylation is 3. The molecule has 0 aliphatic carbocycles. The van der Waals surface area contributed by atoms with Crippen LogP contribution >= 0.6 is 0 Å². The van der Waals surface area contributed by atoms with E-state index in [0.29, 0.717) is 17.9 Å². The van der Waals surface area contributed by atoms with Crippen molar-refractivity contribution >= 4 is 22.7 Å². The number of pyridine rings is 1. The fourth-order valence-electron chi connectivity index (χ4n) is 2.93. The predicted octanol–water partition coefficient (Wildman–Crippen LogP) is 1.63. The van der Waals surface area contributed by atoms with E-state index < -0.39 is 0 Å².